The molecule has 3 rings (SSSR count). The molecule has 0 aliphatic carbocycles. The van der Waals surface area contributed by atoms with Crippen LogP contribution in [0.25, 0.3) is 5.70 Å². The molecule has 1 unspecified atom stereocenters. The molecule has 2 amide bonds. The standard InChI is InChI=1S/C21H26N4O3/c1-14-12-18(26)24(13-15-6-8-16(28-5)9-7-15)19(17-10-11-22-25(14)17)20(27)23-21(2,3)4/h6-12,19H,13H2,1-5H3,(H,23,27). The number of fused-ring (bicyclic) bond motifs is 1. The first-order valence-electron chi connectivity index (χ1n) is 9.18. The van der Waals surface area contributed by atoms with Gasteiger partial charge in [0.2, 0.25) is 11.8 Å². The summed E-state index contributed by atoms with van der Waals surface area (Å²) in [5.41, 5.74) is 1.82. The Morgan fingerprint density at radius 2 is 1.89 bits per heavy atom. The van der Waals surface area contributed by atoms with Crippen molar-refractivity contribution in [3.63, 3.8) is 0 Å². The second-order valence-corrected chi connectivity index (χ2v) is 7.91. The van der Waals surface area contributed by atoms with Gasteiger partial charge in [0.1, 0.15) is 5.75 Å². The summed E-state index contributed by atoms with van der Waals surface area (Å²) in [6.07, 6.45) is 3.16. The number of nitrogens with zero attached hydrogens (tertiary/aromatic N) is 3. The van der Waals surface area contributed by atoms with Gasteiger partial charge in [0.25, 0.3) is 0 Å². The van der Waals surface area contributed by atoms with Gasteiger partial charge in [-0.2, -0.15) is 5.10 Å². The van der Waals surface area contributed by atoms with Crippen molar-refractivity contribution >= 4 is 17.5 Å². The Morgan fingerprint density at radius 3 is 2.50 bits per heavy atom. The minimum atomic E-state index is -0.787. The van der Waals surface area contributed by atoms with Crippen molar-refractivity contribution in [3.05, 3.63) is 53.9 Å². The molecule has 148 valence electrons. The SMILES string of the molecule is COc1ccc(CN2C(=O)C=C(C)n3nccc3C2C(=O)NC(C)(C)C)cc1. The van der Waals surface area contributed by atoms with Crippen LogP contribution >= 0.6 is 0 Å². The zero-order valence-corrected chi connectivity index (χ0v) is 16.9. The van der Waals surface area contributed by atoms with E-state index < -0.39 is 11.6 Å². The highest BCUT2D eigenvalue weighted by atomic mass is 16.5. The first-order valence-corrected chi connectivity index (χ1v) is 9.18. The average molecular weight is 382 g/mol. The molecule has 1 aromatic heterocycles. The number of hydrogen-bond donors (Lipinski definition) is 1. The topological polar surface area (TPSA) is 76.5 Å². The van der Waals surface area contributed by atoms with Crippen molar-refractivity contribution in [1.29, 1.82) is 0 Å². The molecule has 2 heterocycles. The molecule has 28 heavy (non-hydrogen) atoms. The molecule has 0 fully saturated rings. The van der Waals surface area contributed by atoms with Crippen molar-refractivity contribution < 1.29 is 14.3 Å². The van der Waals surface area contributed by atoms with Crippen LogP contribution in [0.4, 0.5) is 0 Å². The number of carbonyl (C=O) groups excluding carboxylic acids is 2. The quantitative estimate of drug-likeness (QED) is 0.882. The fourth-order valence-electron chi connectivity index (χ4n) is 3.24. The second kappa shape index (κ2) is 7.50. The summed E-state index contributed by atoms with van der Waals surface area (Å²) in [5, 5.41) is 7.30. The molecule has 0 bridgehead atoms. The number of amides is 2. The summed E-state index contributed by atoms with van der Waals surface area (Å²) < 4.78 is 6.85. The minimum absolute atomic E-state index is 0.229. The zero-order chi connectivity index (χ0) is 20.5. The number of allylic oxidation sites excluding steroid dienone is 1. The molecule has 0 spiro atoms. The summed E-state index contributed by atoms with van der Waals surface area (Å²) in [7, 11) is 1.61. The van der Waals surface area contributed by atoms with Crippen LogP contribution in [0, 0.1) is 0 Å². The van der Waals surface area contributed by atoms with E-state index in [4.69, 9.17) is 4.74 Å². The van der Waals surface area contributed by atoms with Crippen LogP contribution in [0.15, 0.2) is 42.6 Å². The van der Waals surface area contributed by atoms with Crippen LogP contribution in [-0.2, 0) is 16.1 Å². The third kappa shape index (κ3) is 4.08. The van der Waals surface area contributed by atoms with Crippen LogP contribution in [-0.4, -0.2) is 39.1 Å². The van der Waals surface area contributed by atoms with E-state index in [0.29, 0.717) is 17.9 Å². The molecule has 1 aromatic carbocycles. The van der Waals surface area contributed by atoms with E-state index in [0.717, 1.165) is 11.3 Å². The Kier molecular flexibility index (Phi) is 5.27. The van der Waals surface area contributed by atoms with Gasteiger partial charge in [-0.25, -0.2) is 4.68 Å². The molecule has 0 radical (unpaired) electrons. The van der Waals surface area contributed by atoms with Crippen molar-refractivity contribution in [2.24, 2.45) is 0 Å². The van der Waals surface area contributed by atoms with Crippen LogP contribution in [0.1, 0.15) is 45.0 Å². The Hall–Kier alpha value is -3.09. The third-order valence-electron chi connectivity index (χ3n) is 4.47. The normalized spacial score (nSPS) is 16.9. The maximum Gasteiger partial charge on any atom is 0.249 e. The van der Waals surface area contributed by atoms with Crippen molar-refractivity contribution in [1.82, 2.24) is 20.0 Å². The van der Waals surface area contributed by atoms with Gasteiger partial charge in [0.05, 0.1) is 12.8 Å². The summed E-state index contributed by atoms with van der Waals surface area (Å²) in [5.74, 6) is 0.272. The maximum absolute atomic E-state index is 13.2. The number of hydrogen-bond acceptors (Lipinski definition) is 4. The van der Waals surface area contributed by atoms with Crippen LogP contribution < -0.4 is 10.1 Å². The highest BCUT2D eigenvalue weighted by Gasteiger charge is 2.37. The van der Waals surface area contributed by atoms with E-state index in [1.54, 1.807) is 29.0 Å². The van der Waals surface area contributed by atoms with E-state index in [9.17, 15) is 9.59 Å². The first-order chi connectivity index (χ1) is 13.2. The molecule has 0 saturated heterocycles. The summed E-state index contributed by atoms with van der Waals surface area (Å²) >= 11 is 0. The lowest BCUT2D eigenvalue weighted by Crippen LogP contribution is -2.48. The number of carbonyl (C=O) groups is 2. The summed E-state index contributed by atoms with van der Waals surface area (Å²) in [6.45, 7) is 7.85. The largest absolute Gasteiger partial charge is 0.497 e. The summed E-state index contributed by atoms with van der Waals surface area (Å²) in [4.78, 5) is 27.8. The van der Waals surface area contributed by atoms with Crippen LogP contribution in [0.2, 0.25) is 0 Å². The van der Waals surface area contributed by atoms with Crippen molar-refractivity contribution in [3.8, 4) is 5.75 Å². The smallest absolute Gasteiger partial charge is 0.249 e. The molecule has 0 saturated carbocycles. The zero-order valence-electron chi connectivity index (χ0n) is 16.9. The highest BCUT2D eigenvalue weighted by Crippen LogP contribution is 2.29. The van der Waals surface area contributed by atoms with E-state index in [1.807, 2.05) is 52.0 Å². The molecular formula is C21H26N4O3. The van der Waals surface area contributed by atoms with E-state index in [1.165, 1.54) is 6.08 Å². The number of aromatic nitrogens is 2. The Bertz CT molecular complexity index is 906. The Morgan fingerprint density at radius 1 is 1.21 bits per heavy atom. The second-order valence-electron chi connectivity index (χ2n) is 7.91. The van der Waals surface area contributed by atoms with Crippen molar-refractivity contribution in [2.45, 2.75) is 45.8 Å². The number of nitrogens with one attached hydrogen (secondary N) is 1. The van der Waals surface area contributed by atoms with E-state index in [2.05, 4.69) is 10.4 Å². The van der Waals surface area contributed by atoms with Gasteiger partial charge in [0, 0.05) is 30.1 Å². The molecular weight excluding hydrogens is 356 g/mol. The summed E-state index contributed by atoms with van der Waals surface area (Å²) in [6, 6.07) is 8.46. The van der Waals surface area contributed by atoms with Crippen molar-refractivity contribution in [2.75, 3.05) is 7.11 Å². The lowest BCUT2D eigenvalue weighted by molar-refractivity contribution is -0.139. The molecule has 1 N–H and O–H groups in total. The van der Waals surface area contributed by atoms with Gasteiger partial charge >= 0.3 is 0 Å². The Balaban J connectivity index is 2.02. The molecule has 7 heteroatoms. The first kappa shape index (κ1) is 19.7. The van der Waals surface area contributed by atoms with Gasteiger partial charge in [-0.1, -0.05) is 12.1 Å². The molecule has 2 aromatic rings. The monoisotopic (exact) mass is 382 g/mol. The highest BCUT2D eigenvalue weighted by molar-refractivity contribution is 5.97. The molecule has 7 nitrogen and oxygen atoms in total. The fraction of sp³-hybridized carbons (Fsp3) is 0.381. The molecule has 1 aliphatic heterocycles. The van der Waals surface area contributed by atoms with Gasteiger partial charge in [0.15, 0.2) is 6.04 Å². The number of rotatable bonds is 4. The molecule has 1 aliphatic rings. The van der Waals surface area contributed by atoms with Gasteiger partial charge < -0.3 is 15.0 Å². The van der Waals surface area contributed by atoms with Crippen LogP contribution in [0.3, 0.4) is 0 Å². The van der Waals surface area contributed by atoms with E-state index in [-0.39, 0.29) is 11.8 Å². The number of benzene rings is 1. The Labute approximate surface area is 165 Å². The van der Waals surface area contributed by atoms with E-state index >= 15 is 0 Å². The lowest BCUT2D eigenvalue weighted by Gasteiger charge is -2.32. The predicted octanol–water partition coefficient (Wildman–Crippen LogP) is 2.75. The van der Waals surface area contributed by atoms with Gasteiger partial charge in [-0.15, -0.1) is 0 Å². The third-order valence-corrected chi connectivity index (χ3v) is 4.47. The van der Waals surface area contributed by atoms with Crippen LogP contribution in [0.5, 0.6) is 5.75 Å². The van der Waals surface area contributed by atoms with Gasteiger partial charge in [-0.3, -0.25) is 9.59 Å². The maximum atomic E-state index is 13.2. The average Bonchev–Trinajstić information content (AvgIpc) is 3.06. The molecule has 1 atom stereocenters. The van der Waals surface area contributed by atoms with Gasteiger partial charge in [-0.05, 0) is 51.5 Å². The predicted molar refractivity (Wildman–Crippen MR) is 106 cm³/mol. The lowest BCUT2D eigenvalue weighted by atomic mass is 10.0. The number of methoxy groups -OCH3 is 1. The number of ether oxygens (including phenoxy) is 1. The minimum Gasteiger partial charge on any atom is -0.497 e. The fourth-order valence-corrected chi connectivity index (χ4v) is 3.24.